The number of hydrogen-bond acceptors (Lipinski definition) is 7. The van der Waals surface area contributed by atoms with E-state index in [0.717, 1.165) is 11.3 Å². The summed E-state index contributed by atoms with van der Waals surface area (Å²) in [5.74, 6) is -0.277. The lowest BCUT2D eigenvalue weighted by Gasteiger charge is -2.09. The quantitative estimate of drug-likeness (QED) is 0.481. The standard InChI is InChI=1S/C12H7F3O2S.C5H5BO3S/c13-12(14,15)17-9-3-1-2-8(6-9)11-5-4-10(7-16)18-11;7-3-4-1-2-5(10-4)6(8)9/h1-7H;1-3,8-9H. The highest BCUT2D eigenvalue weighted by Gasteiger charge is 2.31. The first-order valence-electron chi connectivity index (χ1n) is 7.54. The Morgan fingerprint density at radius 3 is 2.07 bits per heavy atom. The average Bonchev–Trinajstić information content (AvgIpc) is 3.30. The van der Waals surface area contributed by atoms with Gasteiger partial charge in [-0.2, -0.15) is 0 Å². The van der Waals surface area contributed by atoms with Crippen molar-refractivity contribution in [2.45, 2.75) is 6.36 Å². The molecule has 2 N–H and O–H groups in total. The molecule has 0 atom stereocenters. The lowest BCUT2D eigenvalue weighted by atomic mass is 9.90. The van der Waals surface area contributed by atoms with Gasteiger partial charge in [-0.15, -0.1) is 35.8 Å². The zero-order chi connectivity index (χ0) is 20.7. The number of benzene rings is 1. The highest BCUT2D eigenvalue weighted by molar-refractivity contribution is 7.23. The molecule has 2 aromatic heterocycles. The SMILES string of the molecule is O=Cc1ccc(-c2cccc(OC(F)(F)F)c2)s1.O=Cc1ccc(B(O)O)s1. The molecule has 2 heterocycles. The molecule has 3 aromatic rings. The predicted molar refractivity (Wildman–Crippen MR) is 101 cm³/mol. The fourth-order valence-corrected chi connectivity index (χ4v) is 3.51. The molecule has 0 aliphatic carbocycles. The molecule has 0 amide bonds. The minimum Gasteiger partial charge on any atom is -0.423 e. The Balaban J connectivity index is 0.000000237. The molecule has 0 aliphatic rings. The summed E-state index contributed by atoms with van der Waals surface area (Å²) in [6.07, 6.45) is -3.33. The topological polar surface area (TPSA) is 83.8 Å². The molecule has 0 bridgehead atoms. The van der Waals surface area contributed by atoms with Crippen molar-refractivity contribution in [1.29, 1.82) is 0 Å². The first-order chi connectivity index (χ1) is 13.2. The summed E-state index contributed by atoms with van der Waals surface area (Å²) in [4.78, 5) is 22.4. The number of carbonyl (C=O) groups excluding carboxylic acids is 2. The molecule has 146 valence electrons. The number of rotatable bonds is 5. The number of hydrogen-bond donors (Lipinski definition) is 2. The normalized spacial score (nSPS) is 10.6. The van der Waals surface area contributed by atoms with Gasteiger partial charge < -0.3 is 14.8 Å². The summed E-state index contributed by atoms with van der Waals surface area (Å²) < 4.78 is 40.4. The van der Waals surface area contributed by atoms with Crippen molar-refractivity contribution in [3.8, 4) is 16.2 Å². The van der Waals surface area contributed by atoms with Crippen LogP contribution in [0.25, 0.3) is 10.4 Å². The van der Waals surface area contributed by atoms with Gasteiger partial charge in [0.15, 0.2) is 12.6 Å². The van der Waals surface area contributed by atoms with Crippen LogP contribution >= 0.6 is 22.7 Å². The molecule has 0 fully saturated rings. The van der Waals surface area contributed by atoms with Crippen LogP contribution in [0.5, 0.6) is 5.75 Å². The summed E-state index contributed by atoms with van der Waals surface area (Å²) in [6.45, 7) is 0. The maximum Gasteiger partial charge on any atom is 0.573 e. The van der Waals surface area contributed by atoms with Gasteiger partial charge in [-0.1, -0.05) is 18.2 Å². The second-order valence-corrected chi connectivity index (χ2v) is 7.39. The third-order valence-corrected chi connectivity index (χ3v) is 5.22. The van der Waals surface area contributed by atoms with Gasteiger partial charge in [0.1, 0.15) is 5.75 Å². The Hall–Kier alpha value is -2.47. The lowest BCUT2D eigenvalue weighted by Crippen LogP contribution is -2.26. The fraction of sp³-hybridized carbons (Fsp3) is 0.0588. The lowest BCUT2D eigenvalue weighted by molar-refractivity contribution is -0.274. The first-order valence-corrected chi connectivity index (χ1v) is 9.17. The summed E-state index contributed by atoms with van der Waals surface area (Å²) in [6, 6.07) is 12.0. The largest absolute Gasteiger partial charge is 0.573 e. The monoisotopic (exact) mass is 428 g/mol. The Morgan fingerprint density at radius 1 is 0.929 bits per heavy atom. The molecule has 3 rings (SSSR count). The molecule has 0 unspecified atom stereocenters. The minimum absolute atomic E-state index is 0.277. The van der Waals surface area contributed by atoms with Gasteiger partial charge in [0.05, 0.1) is 9.75 Å². The van der Waals surface area contributed by atoms with Crippen LogP contribution in [0, 0.1) is 0 Å². The maximum absolute atomic E-state index is 12.1. The van der Waals surface area contributed by atoms with E-state index in [1.54, 1.807) is 24.3 Å². The van der Waals surface area contributed by atoms with Crippen molar-refractivity contribution in [2.75, 3.05) is 0 Å². The zero-order valence-electron chi connectivity index (χ0n) is 13.9. The van der Waals surface area contributed by atoms with Crippen LogP contribution in [0.2, 0.25) is 0 Å². The molecule has 11 heteroatoms. The molecule has 28 heavy (non-hydrogen) atoms. The number of thiophene rings is 2. The highest BCUT2D eigenvalue weighted by Crippen LogP contribution is 2.31. The fourth-order valence-electron chi connectivity index (χ4n) is 1.99. The predicted octanol–water partition coefficient (Wildman–Crippen LogP) is 3.37. The van der Waals surface area contributed by atoms with Gasteiger partial charge in [-0.05, 0) is 35.9 Å². The van der Waals surface area contributed by atoms with Crippen LogP contribution in [0.3, 0.4) is 0 Å². The van der Waals surface area contributed by atoms with Crippen LogP contribution in [0.1, 0.15) is 19.3 Å². The number of alkyl halides is 3. The number of carbonyl (C=O) groups is 2. The molecule has 0 saturated heterocycles. The van der Waals surface area contributed by atoms with Gasteiger partial charge in [0, 0.05) is 9.65 Å². The molecule has 5 nitrogen and oxygen atoms in total. The Morgan fingerprint density at radius 2 is 1.57 bits per heavy atom. The van der Waals surface area contributed by atoms with Crippen LogP contribution in [-0.2, 0) is 0 Å². The summed E-state index contributed by atoms with van der Waals surface area (Å²) >= 11 is 2.28. The summed E-state index contributed by atoms with van der Waals surface area (Å²) in [5, 5.41) is 17.2. The van der Waals surface area contributed by atoms with Crippen LogP contribution in [0.15, 0.2) is 48.5 Å². The molecule has 0 aliphatic heterocycles. The zero-order valence-corrected chi connectivity index (χ0v) is 15.6. The minimum atomic E-state index is -4.71. The first kappa shape index (κ1) is 21.8. The highest BCUT2D eigenvalue weighted by atomic mass is 32.1. The number of halogens is 3. The van der Waals surface area contributed by atoms with Crippen molar-refractivity contribution >= 4 is 47.1 Å². The average molecular weight is 428 g/mol. The van der Waals surface area contributed by atoms with Crippen molar-refractivity contribution < 1.29 is 37.5 Å². The van der Waals surface area contributed by atoms with E-state index in [4.69, 9.17) is 10.0 Å². The molecule has 0 saturated carbocycles. The third-order valence-electron chi connectivity index (χ3n) is 3.11. The molecule has 1 aromatic carbocycles. The Bertz CT molecular complexity index is 937. The van der Waals surface area contributed by atoms with Crippen molar-refractivity contribution in [2.24, 2.45) is 0 Å². The van der Waals surface area contributed by atoms with E-state index in [1.165, 1.54) is 35.6 Å². The Labute approximate surface area is 165 Å². The molecular formula is C17H12BF3O5S2. The maximum atomic E-state index is 12.1. The van der Waals surface area contributed by atoms with E-state index in [0.29, 0.717) is 37.5 Å². The van der Waals surface area contributed by atoms with E-state index in [9.17, 15) is 22.8 Å². The molecule has 0 radical (unpaired) electrons. The van der Waals surface area contributed by atoms with Crippen LogP contribution in [-0.4, -0.2) is 36.1 Å². The third kappa shape index (κ3) is 6.61. The van der Waals surface area contributed by atoms with E-state index in [-0.39, 0.29) is 5.75 Å². The van der Waals surface area contributed by atoms with E-state index in [2.05, 4.69) is 4.74 Å². The molecular weight excluding hydrogens is 416 g/mol. The second-order valence-electron chi connectivity index (χ2n) is 5.13. The van der Waals surface area contributed by atoms with Gasteiger partial charge >= 0.3 is 13.5 Å². The second kappa shape index (κ2) is 9.65. The number of ether oxygens (including phenoxy) is 1. The number of aldehydes is 2. The van der Waals surface area contributed by atoms with Crippen LogP contribution in [0.4, 0.5) is 13.2 Å². The van der Waals surface area contributed by atoms with E-state index in [1.807, 2.05) is 0 Å². The Kier molecular flexibility index (Phi) is 7.52. The summed E-state index contributed by atoms with van der Waals surface area (Å²) in [5.41, 5.74) is 0.579. The van der Waals surface area contributed by atoms with Gasteiger partial charge in [-0.3, -0.25) is 9.59 Å². The van der Waals surface area contributed by atoms with E-state index < -0.39 is 13.5 Å². The molecule has 0 spiro atoms. The van der Waals surface area contributed by atoms with Gasteiger partial charge in [0.25, 0.3) is 0 Å². The smallest absolute Gasteiger partial charge is 0.423 e. The van der Waals surface area contributed by atoms with E-state index >= 15 is 0 Å². The van der Waals surface area contributed by atoms with Crippen molar-refractivity contribution in [1.82, 2.24) is 0 Å². The van der Waals surface area contributed by atoms with Gasteiger partial charge in [0.2, 0.25) is 0 Å². The van der Waals surface area contributed by atoms with Gasteiger partial charge in [-0.25, -0.2) is 0 Å². The van der Waals surface area contributed by atoms with Crippen molar-refractivity contribution in [3.63, 3.8) is 0 Å². The van der Waals surface area contributed by atoms with Crippen molar-refractivity contribution in [3.05, 3.63) is 58.3 Å². The van der Waals surface area contributed by atoms with Crippen LogP contribution < -0.4 is 9.51 Å². The summed E-state index contributed by atoms with van der Waals surface area (Å²) in [7, 11) is -1.46.